The second-order valence-corrected chi connectivity index (χ2v) is 8.94. The van der Waals surface area contributed by atoms with Gasteiger partial charge in [0, 0.05) is 6.42 Å². The molecule has 0 saturated heterocycles. The van der Waals surface area contributed by atoms with Crippen LogP contribution in [-0.2, 0) is 36.8 Å². The summed E-state index contributed by atoms with van der Waals surface area (Å²) in [6.07, 6.45) is -1.15. The lowest BCUT2D eigenvalue weighted by molar-refractivity contribution is -0.166. The molecule has 2 rings (SSSR count). The second kappa shape index (κ2) is 13.5. The molecule has 0 aliphatic carbocycles. The molecule has 1 N–H and O–H groups in total. The maximum absolute atomic E-state index is 13.2. The van der Waals surface area contributed by atoms with E-state index >= 15 is 0 Å². The number of alkyl carbamates (subject to hydrolysis) is 1. The third-order valence-corrected chi connectivity index (χ3v) is 4.79. The van der Waals surface area contributed by atoms with Crippen molar-refractivity contribution in [1.82, 2.24) is 5.32 Å². The summed E-state index contributed by atoms with van der Waals surface area (Å²) in [5.41, 5.74) is 0.669. The van der Waals surface area contributed by atoms with Gasteiger partial charge in [0.1, 0.15) is 12.2 Å². The Hall–Kier alpha value is -3.33. The number of ether oxygens (including phenoxy) is 3. The van der Waals surface area contributed by atoms with Crippen molar-refractivity contribution in [1.29, 1.82) is 0 Å². The Kier molecular flexibility index (Phi) is 10.8. The zero-order chi connectivity index (χ0) is 25.8. The molecule has 0 bridgehead atoms. The molecule has 190 valence electrons. The molecule has 7 nitrogen and oxygen atoms in total. The number of hydrogen-bond donors (Lipinski definition) is 1. The largest absolute Gasteiger partial charge is 0.461 e. The summed E-state index contributed by atoms with van der Waals surface area (Å²) in [4.78, 5) is 38.2. The van der Waals surface area contributed by atoms with Crippen molar-refractivity contribution in [2.45, 2.75) is 58.5 Å². The highest BCUT2D eigenvalue weighted by atomic mass is 19.3. The summed E-state index contributed by atoms with van der Waals surface area (Å²) in [6, 6.07) is 16.7. The van der Waals surface area contributed by atoms with Crippen molar-refractivity contribution in [2.24, 2.45) is 5.92 Å². The molecule has 35 heavy (non-hydrogen) atoms. The topological polar surface area (TPSA) is 90.9 Å². The number of carbonyl (C=O) groups is 3. The van der Waals surface area contributed by atoms with Crippen molar-refractivity contribution >= 4 is 17.8 Å². The van der Waals surface area contributed by atoms with Gasteiger partial charge in [0.25, 0.3) is 0 Å². The summed E-state index contributed by atoms with van der Waals surface area (Å²) in [5, 5.41) is 2.54. The lowest BCUT2D eigenvalue weighted by atomic mass is 9.95. The molecular formula is C26H31F2NO6. The van der Waals surface area contributed by atoms with E-state index in [1.165, 1.54) is 0 Å². The van der Waals surface area contributed by atoms with Crippen LogP contribution in [0.4, 0.5) is 13.6 Å². The van der Waals surface area contributed by atoms with Crippen LogP contribution in [0.3, 0.4) is 0 Å². The molecule has 9 heteroatoms. The molecule has 0 aliphatic rings. The molecular weight excluding hydrogens is 460 g/mol. The fraction of sp³-hybridized carbons (Fsp3) is 0.423. The normalized spacial score (nSPS) is 13.1. The number of esters is 1. The van der Waals surface area contributed by atoms with Crippen molar-refractivity contribution in [3.8, 4) is 0 Å². The predicted molar refractivity (Wildman–Crippen MR) is 125 cm³/mol. The van der Waals surface area contributed by atoms with Crippen molar-refractivity contribution in [3.05, 3.63) is 71.8 Å². The van der Waals surface area contributed by atoms with Crippen LogP contribution >= 0.6 is 0 Å². The minimum atomic E-state index is -3.12. The molecule has 0 fully saturated rings. The first-order chi connectivity index (χ1) is 16.5. The van der Waals surface area contributed by atoms with Crippen LogP contribution < -0.4 is 5.32 Å². The van der Waals surface area contributed by atoms with Crippen LogP contribution in [0.25, 0.3) is 0 Å². The highest BCUT2D eigenvalue weighted by molar-refractivity contribution is 5.90. The van der Waals surface area contributed by atoms with E-state index in [0.717, 1.165) is 5.56 Å². The monoisotopic (exact) mass is 491 g/mol. The average molecular weight is 492 g/mol. The van der Waals surface area contributed by atoms with Crippen LogP contribution in [0.5, 0.6) is 0 Å². The Bertz CT molecular complexity index is 947. The second-order valence-electron chi connectivity index (χ2n) is 8.94. The van der Waals surface area contributed by atoms with Gasteiger partial charge in [0.15, 0.2) is 5.78 Å². The van der Waals surface area contributed by atoms with Gasteiger partial charge in [-0.15, -0.1) is 0 Å². The van der Waals surface area contributed by atoms with Crippen LogP contribution in [0, 0.1) is 5.92 Å². The van der Waals surface area contributed by atoms with Crippen LogP contribution in [0.2, 0.25) is 0 Å². The molecule has 2 aromatic carbocycles. The van der Waals surface area contributed by atoms with Crippen molar-refractivity contribution < 1.29 is 37.4 Å². The number of benzene rings is 2. The molecule has 1 amide bonds. The van der Waals surface area contributed by atoms with Gasteiger partial charge in [-0.25, -0.2) is 4.79 Å². The Morgan fingerprint density at radius 1 is 0.914 bits per heavy atom. The lowest BCUT2D eigenvalue weighted by Crippen LogP contribution is -2.45. The summed E-state index contributed by atoms with van der Waals surface area (Å²) in [7, 11) is 0. The van der Waals surface area contributed by atoms with Crippen LogP contribution in [-0.4, -0.2) is 42.7 Å². The Balaban J connectivity index is 2.13. The zero-order valence-corrected chi connectivity index (χ0v) is 20.0. The minimum Gasteiger partial charge on any atom is -0.461 e. The fourth-order valence-corrected chi connectivity index (χ4v) is 3.18. The number of amides is 1. The molecule has 0 radical (unpaired) electrons. The number of halogens is 2. The van der Waals surface area contributed by atoms with E-state index in [4.69, 9.17) is 9.47 Å². The lowest BCUT2D eigenvalue weighted by Gasteiger charge is -2.24. The molecule has 0 heterocycles. The summed E-state index contributed by atoms with van der Waals surface area (Å²) in [6.45, 7) is 1.14. The highest BCUT2D eigenvalue weighted by Crippen LogP contribution is 2.16. The molecule has 2 aromatic rings. The summed E-state index contributed by atoms with van der Waals surface area (Å²) in [5.74, 6) is -2.67. The van der Waals surface area contributed by atoms with Crippen LogP contribution in [0.1, 0.15) is 38.3 Å². The first-order valence-electron chi connectivity index (χ1n) is 11.2. The number of rotatable bonds is 12. The first-order valence-corrected chi connectivity index (χ1v) is 11.2. The summed E-state index contributed by atoms with van der Waals surface area (Å²) >= 11 is 0. The predicted octanol–water partition coefficient (Wildman–Crippen LogP) is 4.68. The maximum atomic E-state index is 13.2. The number of Topliss-reactive ketones (excluding diaryl/α,β-unsaturated/α-hetero) is 1. The smallest absolute Gasteiger partial charge is 0.408 e. The highest BCUT2D eigenvalue weighted by Gasteiger charge is 2.31. The standard InChI is InChI=1S/C26H31F2NO6/c1-26(2,3)35-25(32)29-21(14-18-10-6-4-7-11-18)22(30)15-20(17-34-24(27)28)23(31)33-16-19-12-8-5-9-13-19/h4-13,20-21,24H,14-17H2,1-3H3,(H,29,32)/t20-,21-/m0/s1. The number of nitrogens with one attached hydrogen (secondary N) is 1. The van der Waals surface area contributed by atoms with Gasteiger partial charge in [0.05, 0.1) is 18.6 Å². The number of ketones is 1. The average Bonchev–Trinajstić information content (AvgIpc) is 2.79. The molecule has 0 saturated carbocycles. The number of hydrogen-bond acceptors (Lipinski definition) is 6. The van der Waals surface area contributed by atoms with Gasteiger partial charge in [0.2, 0.25) is 0 Å². The quantitative estimate of drug-likeness (QED) is 0.434. The van der Waals surface area contributed by atoms with E-state index in [-0.39, 0.29) is 13.0 Å². The molecule has 0 spiro atoms. The van der Waals surface area contributed by atoms with E-state index in [2.05, 4.69) is 10.1 Å². The van der Waals surface area contributed by atoms with Gasteiger partial charge in [-0.3, -0.25) is 9.59 Å². The molecule has 0 unspecified atom stereocenters. The Labute approximate surface area is 203 Å². The van der Waals surface area contributed by atoms with Gasteiger partial charge in [-0.05, 0) is 38.3 Å². The number of carbonyl (C=O) groups excluding carboxylic acids is 3. The first kappa shape index (κ1) is 27.9. The van der Waals surface area contributed by atoms with Crippen molar-refractivity contribution in [2.75, 3.05) is 6.61 Å². The summed E-state index contributed by atoms with van der Waals surface area (Å²) < 4.78 is 40.2. The third-order valence-electron chi connectivity index (χ3n) is 4.79. The Morgan fingerprint density at radius 2 is 1.49 bits per heavy atom. The SMILES string of the molecule is CC(C)(C)OC(=O)N[C@@H](Cc1ccccc1)C(=O)C[C@@H](COC(F)F)C(=O)OCc1ccccc1. The molecule has 2 atom stereocenters. The fourth-order valence-electron chi connectivity index (χ4n) is 3.18. The van der Waals surface area contributed by atoms with Gasteiger partial charge in [-0.1, -0.05) is 60.7 Å². The van der Waals surface area contributed by atoms with E-state index in [0.29, 0.717) is 5.56 Å². The van der Waals surface area contributed by atoms with E-state index in [9.17, 15) is 23.2 Å². The molecule has 0 aliphatic heterocycles. The van der Waals surface area contributed by atoms with Crippen LogP contribution in [0.15, 0.2) is 60.7 Å². The van der Waals surface area contributed by atoms with Gasteiger partial charge >= 0.3 is 18.7 Å². The third kappa shape index (κ3) is 11.1. The van der Waals surface area contributed by atoms with E-state index in [1.807, 2.05) is 6.07 Å². The van der Waals surface area contributed by atoms with Gasteiger partial charge < -0.3 is 19.5 Å². The van der Waals surface area contributed by atoms with E-state index in [1.54, 1.807) is 75.4 Å². The van der Waals surface area contributed by atoms with Crippen molar-refractivity contribution in [3.63, 3.8) is 0 Å². The maximum Gasteiger partial charge on any atom is 0.408 e. The van der Waals surface area contributed by atoms with E-state index < -0.39 is 55.0 Å². The number of alkyl halides is 2. The Morgan fingerprint density at radius 3 is 2.03 bits per heavy atom. The minimum absolute atomic E-state index is 0.0807. The zero-order valence-electron chi connectivity index (χ0n) is 20.0. The van der Waals surface area contributed by atoms with Gasteiger partial charge in [-0.2, -0.15) is 8.78 Å². The molecule has 0 aromatic heterocycles.